The zero-order chi connectivity index (χ0) is 14.4. The van der Waals surface area contributed by atoms with Gasteiger partial charge in [0.25, 0.3) is 0 Å². The Morgan fingerprint density at radius 1 is 1.16 bits per heavy atom. The van der Waals surface area contributed by atoms with Crippen molar-refractivity contribution in [2.45, 2.75) is 20.3 Å². The third-order valence-corrected chi connectivity index (χ3v) is 3.21. The number of carboxylic acid groups (broad SMARTS) is 1. The van der Waals surface area contributed by atoms with E-state index in [2.05, 4.69) is 5.32 Å². The molecule has 7 nitrogen and oxygen atoms in total. The number of carbonyl (C=O) groups is 3. The molecule has 1 atom stereocenters. The van der Waals surface area contributed by atoms with Gasteiger partial charge in [-0.05, 0) is 6.42 Å². The summed E-state index contributed by atoms with van der Waals surface area (Å²) in [6.45, 7) is 5.42. The molecule has 1 aliphatic heterocycles. The Kier molecular flexibility index (Phi) is 5.59. The zero-order valence-electron chi connectivity index (χ0n) is 11.4. The van der Waals surface area contributed by atoms with E-state index in [4.69, 9.17) is 5.11 Å². The molecular weight excluding hydrogens is 250 g/mol. The number of aliphatic carboxylic acids is 1. The highest BCUT2D eigenvalue weighted by atomic mass is 16.4. The minimum atomic E-state index is -0.932. The number of carboxylic acids is 1. The van der Waals surface area contributed by atoms with Crippen LogP contribution in [0.25, 0.3) is 0 Å². The van der Waals surface area contributed by atoms with Crippen LogP contribution in [0.5, 0.6) is 0 Å². The number of urea groups is 1. The molecule has 7 heteroatoms. The van der Waals surface area contributed by atoms with Crippen molar-refractivity contribution >= 4 is 17.9 Å². The SMILES string of the molecule is CC(=O)N1CCCN(C(=O)NCC(C)C(=O)O)CC1. The van der Waals surface area contributed by atoms with E-state index in [1.54, 1.807) is 16.7 Å². The Labute approximate surface area is 112 Å². The molecule has 1 fully saturated rings. The van der Waals surface area contributed by atoms with Gasteiger partial charge >= 0.3 is 12.0 Å². The van der Waals surface area contributed by atoms with Crippen molar-refractivity contribution in [1.29, 1.82) is 0 Å². The minimum absolute atomic E-state index is 0.0155. The minimum Gasteiger partial charge on any atom is -0.481 e. The molecule has 3 amide bonds. The lowest BCUT2D eigenvalue weighted by molar-refractivity contribution is -0.140. The molecule has 0 aromatic rings. The van der Waals surface area contributed by atoms with Crippen LogP contribution in [-0.2, 0) is 9.59 Å². The van der Waals surface area contributed by atoms with Gasteiger partial charge in [0.2, 0.25) is 5.91 Å². The Balaban J connectivity index is 2.41. The second kappa shape index (κ2) is 6.96. The standard InChI is InChI=1S/C12H21N3O4/c1-9(11(17)18)8-13-12(19)15-5-3-4-14(6-7-15)10(2)16/h9H,3-8H2,1-2H3,(H,13,19)(H,17,18). The average Bonchev–Trinajstić information content (AvgIpc) is 2.60. The molecule has 1 heterocycles. The number of nitrogens with one attached hydrogen (secondary N) is 1. The number of nitrogens with zero attached hydrogens (tertiary/aromatic N) is 2. The van der Waals surface area contributed by atoms with E-state index in [9.17, 15) is 14.4 Å². The van der Waals surface area contributed by atoms with Gasteiger partial charge in [0.1, 0.15) is 0 Å². The number of hydrogen-bond acceptors (Lipinski definition) is 3. The summed E-state index contributed by atoms with van der Waals surface area (Å²) < 4.78 is 0. The van der Waals surface area contributed by atoms with E-state index < -0.39 is 11.9 Å². The van der Waals surface area contributed by atoms with Gasteiger partial charge in [-0.15, -0.1) is 0 Å². The van der Waals surface area contributed by atoms with Crippen LogP contribution in [0.4, 0.5) is 4.79 Å². The van der Waals surface area contributed by atoms with Gasteiger partial charge in [0.05, 0.1) is 5.92 Å². The van der Waals surface area contributed by atoms with Crippen LogP contribution in [0.3, 0.4) is 0 Å². The van der Waals surface area contributed by atoms with Gasteiger partial charge < -0.3 is 20.2 Å². The molecule has 0 radical (unpaired) electrons. The highest BCUT2D eigenvalue weighted by Gasteiger charge is 2.21. The molecule has 0 aromatic heterocycles. The largest absolute Gasteiger partial charge is 0.481 e. The lowest BCUT2D eigenvalue weighted by atomic mass is 10.2. The van der Waals surface area contributed by atoms with Crippen LogP contribution in [0.1, 0.15) is 20.3 Å². The van der Waals surface area contributed by atoms with E-state index >= 15 is 0 Å². The lowest BCUT2D eigenvalue weighted by Crippen LogP contribution is -2.44. The summed E-state index contributed by atoms with van der Waals surface area (Å²) in [5, 5.41) is 11.3. The van der Waals surface area contributed by atoms with E-state index in [0.717, 1.165) is 6.42 Å². The maximum Gasteiger partial charge on any atom is 0.317 e. The number of hydrogen-bond donors (Lipinski definition) is 2. The summed E-state index contributed by atoms with van der Waals surface area (Å²) in [4.78, 5) is 37.1. The first-order chi connectivity index (χ1) is 8.91. The first-order valence-corrected chi connectivity index (χ1v) is 6.43. The third kappa shape index (κ3) is 4.76. The molecular formula is C12H21N3O4. The molecule has 2 N–H and O–H groups in total. The highest BCUT2D eigenvalue weighted by Crippen LogP contribution is 2.04. The molecule has 0 aliphatic carbocycles. The fourth-order valence-corrected chi connectivity index (χ4v) is 1.87. The van der Waals surface area contributed by atoms with Gasteiger partial charge in [-0.1, -0.05) is 6.92 Å². The Morgan fingerprint density at radius 2 is 1.74 bits per heavy atom. The molecule has 1 aliphatic rings. The van der Waals surface area contributed by atoms with Gasteiger partial charge in [-0.3, -0.25) is 9.59 Å². The smallest absolute Gasteiger partial charge is 0.317 e. The summed E-state index contributed by atoms with van der Waals surface area (Å²) in [7, 11) is 0. The molecule has 1 saturated heterocycles. The molecule has 1 unspecified atom stereocenters. The average molecular weight is 271 g/mol. The second-order valence-corrected chi connectivity index (χ2v) is 4.77. The maximum atomic E-state index is 11.9. The first-order valence-electron chi connectivity index (χ1n) is 6.43. The number of amides is 3. The van der Waals surface area contributed by atoms with Crippen LogP contribution in [0.2, 0.25) is 0 Å². The lowest BCUT2D eigenvalue weighted by Gasteiger charge is -2.22. The van der Waals surface area contributed by atoms with Crippen molar-refractivity contribution in [3.8, 4) is 0 Å². The quantitative estimate of drug-likeness (QED) is 0.754. The van der Waals surface area contributed by atoms with Crippen LogP contribution >= 0.6 is 0 Å². The van der Waals surface area contributed by atoms with Crippen molar-refractivity contribution < 1.29 is 19.5 Å². The Hall–Kier alpha value is -1.79. The second-order valence-electron chi connectivity index (χ2n) is 4.77. The molecule has 108 valence electrons. The fourth-order valence-electron chi connectivity index (χ4n) is 1.87. The van der Waals surface area contributed by atoms with Crippen molar-refractivity contribution in [3.63, 3.8) is 0 Å². The first kappa shape index (κ1) is 15.3. The van der Waals surface area contributed by atoms with E-state index in [1.165, 1.54) is 6.92 Å². The molecule has 0 spiro atoms. The molecule has 0 saturated carbocycles. The van der Waals surface area contributed by atoms with Crippen molar-refractivity contribution in [3.05, 3.63) is 0 Å². The van der Waals surface area contributed by atoms with Crippen molar-refractivity contribution in [2.24, 2.45) is 5.92 Å². The zero-order valence-corrected chi connectivity index (χ0v) is 11.4. The van der Waals surface area contributed by atoms with Crippen LogP contribution in [0.15, 0.2) is 0 Å². The van der Waals surface area contributed by atoms with Gasteiger partial charge in [-0.2, -0.15) is 0 Å². The van der Waals surface area contributed by atoms with Crippen LogP contribution < -0.4 is 5.32 Å². The fraction of sp³-hybridized carbons (Fsp3) is 0.750. The molecule has 1 rings (SSSR count). The van der Waals surface area contributed by atoms with Crippen LogP contribution in [-0.4, -0.2) is 65.5 Å². The van der Waals surface area contributed by atoms with Crippen molar-refractivity contribution in [1.82, 2.24) is 15.1 Å². The monoisotopic (exact) mass is 271 g/mol. The predicted octanol–water partition coefficient (Wildman–Crippen LogP) is -0.0291. The number of carbonyl (C=O) groups excluding carboxylic acids is 2. The van der Waals surface area contributed by atoms with E-state index in [-0.39, 0.29) is 18.5 Å². The predicted molar refractivity (Wildman–Crippen MR) is 68.6 cm³/mol. The summed E-state index contributed by atoms with van der Waals surface area (Å²) in [6, 6.07) is -0.265. The normalized spacial score (nSPS) is 17.6. The molecule has 0 aromatic carbocycles. The van der Waals surface area contributed by atoms with E-state index in [0.29, 0.717) is 26.2 Å². The summed E-state index contributed by atoms with van der Waals surface area (Å²) >= 11 is 0. The summed E-state index contributed by atoms with van der Waals surface area (Å²) in [6.07, 6.45) is 0.738. The molecule has 19 heavy (non-hydrogen) atoms. The van der Waals surface area contributed by atoms with Gasteiger partial charge in [0.15, 0.2) is 0 Å². The summed E-state index contributed by atoms with van der Waals surface area (Å²) in [5.41, 5.74) is 0. The topological polar surface area (TPSA) is 90.0 Å². The van der Waals surface area contributed by atoms with Crippen molar-refractivity contribution in [2.75, 3.05) is 32.7 Å². The number of rotatable bonds is 3. The maximum absolute atomic E-state index is 11.9. The summed E-state index contributed by atoms with van der Waals surface area (Å²) in [5.74, 6) is -1.52. The van der Waals surface area contributed by atoms with Crippen LogP contribution in [0, 0.1) is 5.92 Å². The Bertz CT molecular complexity index is 359. The van der Waals surface area contributed by atoms with E-state index in [1.807, 2.05) is 0 Å². The highest BCUT2D eigenvalue weighted by molar-refractivity contribution is 5.76. The molecule has 0 bridgehead atoms. The third-order valence-electron chi connectivity index (χ3n) is 3.21. The van der Waals surface area contributed by atoms with Gasteiger partial charge in [-0.25, -0.2) is 4.79 Å². The Morgan fingerprint density at radius 3 is 2.32 bits per heavy atom. The van der Waals surface area contributed by atoms with Gasteiger partial charge in [0, 0.05) is 39.6 Å².